The number of anilines is 1. The number of aryl methyl sites for hydroxylation is 1. The topological polar surface area (TPSA) is 37.8 Å². The van der Waals surface area contributed by atoms with E-state index in [1.54, 1.807) is 22.7 Å². The smallest absolute Gasteiger partial charge is 0.182 e. The fraction of sp³-hybridized carbons (Fsp3) is 0.333. The minimum atomic E-state index is 0.899. The Morgan fingerprint density at radius 1 is 1.43 bits per heavy atom. The minimum Gasteiger partial charge on any atom is -0.361 e. The van der Waals surface area contributed by atoms with Gasteiger partial charge in [-0.25, -0.2) is 9.97 Å². The summed E-state index contributed by atoms with van der Waals surface area (Å²) in [4.78, 5) is 9.68. The molecule has 0 unspecified atom stereocenters. The third kappa shape index (κ3) is 2.52. The standard InChI is InChI=1S/C9H11N3S2/c1-7-4-11-9(14-7)10-3-2-8-5-13-6-12-8/h4-6H,2-3H2,1H3,(H,10,11). The zero-order valence-corrected chi connectivity index (χ0v) is 9.49. The second-order valence-electron chi connectivity index (χ2n) is 2.93. The summed E-state index contributed by atoms with van der Waals surface area (Å²) in [5, 5.41) is 6.35. The van der Waals surface area contributed by atoms with Gasteiger partial charge in [-0.15, -0.1) is 22.7 Å². The molecule has 74 valence electrons. The molecular formula is C9H11N3S2. The number of thiazole rings is 2. The van der Waals surface area contributed by atoms with Crippen molar-refractivity contribution < 1.29 is 0 Å². The van der Waals surface area contributed by atoms with Crippen molar-refractivity contribution in [3.05, 3.63) is 27.7 Å². The Hall–Kier alpha value is -0.940. The van der Waals surface area contributed by atoms with Gasteiger partial charge in [-0.05, 0) is 6.92 Å². The maximum Gasteiger partial charge on any atom is 0.182 e. The van der Waals surface area contributed by atoms with E-state index in [1.165, 1.54) is 4.88 Å². The van der Waals surface area contributed by atoms with Gasteiger partial charge >= 0.3 is 0 Å². The fourth-order valence-electron chi connectivity index (χ4n) is 1.09. The maximum absolute atomic E-state index is 4.22. The zero-order chi connectivity index (χ0) is 9.80. The largest absolute Gasteiger partial charge is 0.361 e. The van der Waals surface area contributed by atoms with Crippen LogP contribution >= 0.6 is 22.7 Å². The van der Waals surface area contributed by atoms with Gasteiger partial charge in [0.05, 0.1) is 11.2 Å². The lowest BCUT2D eigenvalue weighted by atomic mass is 10.3. The van der Waals surface area contributed by atoms with Crippen LogP contribution in [-0.2, 0) is 6.42 Å². The first kappa shape index (κ1) is 9.61. The second kappa shape index (κ2) is 4.52. The van der Waals surface area contributed by atoms with Crippen LogP contribution < -0.4 is 5.32 Å². The quantitative estimate of drug-likeness (QED) is 0.869. The van der Waals surface area contributed by atoms with E-state index in [1.807, 2.05) is 11.7 Å². The highest BCUT2D eigenvalue weighted by Gasteiger charge is 1.98. The Morgan fingerprint density at radius 2 is 2.36 bits per heavy atom. The Morgan fingerprint density at radius 3 is 3.00 bits per heavy atom. The predicted molar refractivity (Wildman–Crippen MR) is 61.2 cm³/mol. The normalized spacial score (nSPS) is 10.4. The summed E-state index contributed by atoms with van der Waals surface area (Å²) in [5.74, 6) is 0. The number of rotatable bonds is 4. The molecule has 0 radical (unpaired) electrons. The van der Waals surface area contributed by atoms with Crippen LogP contribution in [0.5, 0.6) is 0 Å². The zero-order valence-electron chi connectivity index (χ0n) is 7.86. The van der Waals surface area contributed by atoms with E-state index in [2.05, 4.69) is 27.6 Å². The van der Waals surface area contributed by atoms with Crippen LogP contribution in [0, 0.1) is 6.92 Å². The average Bonchev–Trinajstić information content (AvgIpc) is 2.77. The molecule has 5 heteroatoms. The Kier molecular flexibility index (Phi) is 3.10. The van der Waals surface area contributed by atoms with Crippen LogP contribution in [0.4, 0.5) is 5.13 Å². The molecule has 0 aliphatic heterocycles. The van der Waals surface area contributed by atoms with Gasteiger partial charge in [0.15, 0.2) is 5.13 Å². The van der Waals surface area contributed by atoms with Gasteiger partial charge in [0.1, 0.15) is 0 Å². The first-order valence-corrected chi connectivity index (χ1v) is 6.14. The first-order chi connectivity index (χ1) is 6.84. The number of nitrogens with zero attached hydrogens (tertiary/aromatic N) is 2. The van der Waals surface area contributed by atoms with Crippen molar-refractivity contribution in [2.75, 3.05) is 11.9 Å². The SMILES string of the molecule is Cc1cnc(NCCc2cscn2)s1. The highest BCUT2D eigenvalue weighted by molar-refractivity contribution is 7.15. The summed E-state index contributed by atoms with van der Waals surface area (Å²) in [5.41, 5.74) is 3.01. The van der Waals surface area contributed by atoms with Crippen molar-refractivity contribution >= 4 is 27.8 Å². The van der Waals surface area contributed by atoms with E-state index in [0.29, 0.717) is 0 Å². The summed E-state index contributed by atoms with van der Waals surface area (Å²) in [6.45, 7) is 2.96. The van der Waals surface area contributed by atoms with Crippen LogP contribution in [0.25, 0.3) is 0 Å². The Bertz CT molecular complexity index is 380. The molecule has 2 aromatic heterocycles. The number of hydrogen-bond acceptors (Lipinski definition) is 5. The van der Waals surface area contributed by atoms with E-state index in [-0.39, 0.29) is 0 Å². The van der Waals surface area contributed by atoms with Gasteiger partial charge in [-0.3, -0.25) is 0 Å². The molecular weight excluding hydrogens is 214 g/mol. The Balaban J connectivity index is 1.78. The van der Waals surface area contributed by atoms with Crippen molar-refractivity contribution in [3.8, 4) is 0 Å². The van der Waals surface area contributed by atoms with Crippen LogP contribution in [0.2, 0.25) is 0 Å². The van der Waals surface area contributed by atoms with E-state index in [9.17, 15) is 0 Å². The van der Waals surface area contributed by atoms with Crippen LogP contribution in [0.3, 0.4) is 0 Å². The molecule has 2 heterocycles. The molecule has 0 spiro atoms. The lowest BCUT2D eigenvalue weighted by Gasteiger charge is -1.99. The van der Waals surface area contributed by atoms with Gasteiger partial charge in [0.25, 0.3) is 0 Å². The molecule has 3 nitrogen and oxygen atoms in total. The molecule has 0 amide bonds. The summed E-state index contributed by atoms with van der Waals surface area (Å²) < 4.78 is 0. The van der Waals surface area contributed by atoms with Gasteiger partial charge in [0.2, 0.25) is 0 Å². The molecule has 2 aromatic rings. The van der Waals surface area contributed by atoms with E-state index < -0.39 is 0 Å². The monoisotopic (exact) mass is 225 g/mol. The van der Waals surface area contributed by atoms with Gasteiger partial charge < -0.3 is 5.32 Å². The van der Waals surface area contributed by atoms with Crippen molar-refractivity contribution in [1.82, 2.24) is 9.97 Å². The highest BCUT2D eigenvalue weighted by atomic mass is 32.1. The lowest BCUT2D eigenvalue weighted by Crippen LogP contribution is -2.04. The average molecular weight is 225 g/mol. The van der Waals surface area contributed by atoms with E-state index in [0.717, 1.165) is 23.8 Å². The third-order valence-electron chi connectivity index (χ3n) is 1.76. The van der Waals surface area contributed by atoms with Crippen LogP contribution in [0.15, 0.2) is 17.1 Å². The molecule has 0 saturated heterocycles. The first-order valence-electron chi connectivity index (χ1n) is 4.38. The Labute approximate surface area is 90.9 Å². The molecule has 1 N–H and O–H groups in total. The van der Waals surface area contributed by atoms with Gasteiger partial charge in [0, 0.05) is 29.4 Å². The number of hydrogen-bond donors (Lipinski definition) is 1. The third-order valence-corrected chi connectivity index (χ3v) is 3.27. The molecule has 0 bridgehead atoms. The molecule has 0 saturated carbocycles. The molecule has 0 aliphatic carbocycles. The molecule has 0 atom stereocenters. The highest BCUT2D eigenvalue weighted by Crippen LogP contribution is 2.16. The van der Waals surface area contributed by atoms with Crippen LogP contribution in [0.1, 0.15) is 10.6 Å². The summed E-state index contributed by atoms with van der Waals surface area (Å²) in [6.07, 6.45) is 2.85. The summed E-state index contributed by atoms with van der Waals surface area (Å²) in [7, 11) is 0. The molecule has 0 aromatic carbocycles. The molecule has 0 fully saturated rings. The van der Waals surface area contributed by atoms with Crippen molar-refractivity contribution in [1.29, 1.82) is 0 Å². The van der Waals surface area contributed by atoms with Crippen molar-refractivity contribution in [3.63, 3.8) is 0 Å². The second-order valence-corrected chi connectivity index (χ2v) is 4.89. The number of aromatic nitrogens is 2. The summed E-state index contributed by atoms with van der Waals surface area (Å²) in [6, 6.07) is 0. The molecule has 14 heavy (non-hydrogen) atoms. The minimum absolute atomic E-state index is 0.899. The lowest BCUT2D eigenvalue weighted by molar-refractivity contribution is 0.974. The van der Waals surface area contributed by atoms with Crippen LogP contribution in [-0.4, -0.2) is 16.5 Å². The summed E-state index contributed by atoms with van der Waals surface area (Å²) >= 11 is 3.32. The number of nitrogens with one attached hydrogen (secondary N) is 1. The van der Waals surface area contributed by atoms with Gasteiger partial charge in [-0.1, -0.05) is 0 Å². The van der Waals surface area contributed by atoms with E-state index in [4.69, 9.17) is 0 Å². The molecule has 0 aliphatic rings. The van der Waals surface area contributed by atoms with Crippen molar-refractivity contribution in [2.45, 2.75) is 13.3 Å². The predicted octanol–water partition coefficient (Wildman–Crippen LogP) is 2.56. The molecule has 2 rings (SSSR count). The van der Waals surface area contributed by atoms with Crippen molar-refractivity contribution in [2.24, 2.45) is 0 Å². The maximum atomic E-state index is 4.22. The fourth-order valence-corrected chi connectivity index (χ4v) is 2.38. The van der Waals surface area contributed by atoms with E-state index >= 15 is 0 Å². The van der Waals surface area contributed by atoms with Gasteiger partial charge in [-0.2, -0.15) is 0 Å².